The lowest BCUT2D eigenvalue weighted by Crippen LogP contribution is -2.46. The van der Waals surface area contributed by atoms with E-state index in [0.717, 1.165) is 17.8 Å². The molecule has 1 amide bonds. The molecule has 1 aromatic heterocycles. The molecule has 0 bridgehead atoms. The Kier molecular flexibility index (Phi) is 5.78. The molecule has 25 heavy (non-hydrogen) atoms. The molecule has 1 aliphatic rings. The molecule has 0 radical (unpaired) electrons. The molecule has 0 spiro atoms. The minimum absolute atomic E-state index is 0.0713. The molecule has 1 aliphatic carbocycles. The van der Waals surface area contributed by atoms with Gasteiger partial charge in [-0.2, -0.15) is 0 Å². The second-order valence-corrected chi connectivity index (χ2v) is 8.28. The molecule has 1 fully saturated rings. The van der Waals surface area contributed by atoms with E-state index in [1.165, 1.54) is 24.6 Å². The maximum atomic E-state index is 12.5. The van der Waals surface area contributed by atoms with Crippen molar-refractivity contribution in [2.45, 2.75) is 56.5 Å². The summed E-state index contributed by atoms with van der Waals surface area (Å²) >= 11 is 1.39. The molecule has 134 valence electrons. The third-order valence-electron chi connectivity index (χ3n) is 5.20. The number of hydrogen-bond acceptors (Lipinski definition) is 4. The molecule has 5 nitrogen and oxygen atoms in total. The maximum Gasteiger partial charge on any atom is 0.233 e. The van der Waals surface area contributed by atoms with Crippen LogP contribution < -0.4 is 5.32 Å². The van der Waals surface area contributed by atoms with Crippen LogP contribution in [0.1, 0.15) is 40.0 Å². The lowest BCUT2D eigenvalue weighted by atomic mass is 9.78. The minimum atomic E-state index is -0.219. The SMILES string of the molecule is C[C@H]1[C@@H](NC(=O)[C@@H](C)Sc2n[nH]c(-c3ccccc3)n2)CCC[C@@H]1C. The number of benzene rings is 1. The van der Waals surface area contributed by atoms with Crippen molar-refractivity contribution in [1.29, 1.82) is 0 Å². The summed E-state index contributed by atoms with van der Waals surface area (Å²) < 4.78 is 0. The van der Waals surface area contributed by atoms with Crippen molar-refractivity contribution in [1.82, 2.24) is 20.5 Å². The lowest BCUT2D eigenvalue weighted by Gasteiger charge is -2.35. The van der Waals surface area contributed by atoms with Gasteiger partial charge in [-0.05, 0) is 25.2 Å². The molecular weight excluding hydrogens is 332 g/mol. The minimum Gasteiger partial charge on any atom is -0.352 e. The Balaban J connectivity index is 1.57. The van der Waals surface area contributed by atoms with Gasteiger partial charge in [0.15, 0.2) is 5.82 Å². The highest BCUT2D eigenvalue weighted by Gasteiger charge is 2.29. The van der Waals surface area contributed by atoms with E-state index in [9.17, 15) is 4.79 Å². The second-order valence-electron chi connectivity index (χ2n) is 6.98. The van der Waals surface area contributed by atoms with Gasteiger partial charge in [0.2, 0.25) is 11.1 Å². The molecule has 4 atom stereocenters. The first-order valence-electron chi connectivity index (χ1n) is 8.99. The van der Waals surface area contributed by atoms with E-state index in [4.69, 9.17) is 0 Å². The fourth-order valence-electron chi connectivity index (χ4n) is 3.32. The number of nitrogens with zero attached hydrogens (tertiary/aromatic N) is 2. The quantitative estimate of drug-likeness (QED) is 0.796. The summed E-state index contributed by atoms with van der Waals surface area (Å²) in [5.74, 6) is 2.00. The first-order chi connectivity index (χ1) is 12.0. The number of H-pyrrole nitrogens is 1. The molecule has 3 rings (SSSR count). The van der Waals surface area contributed by atoms with Gasteiger partial charge in [0, 0.05) is 11.6 Å². The van der Waals surface area contributed by atoms with Crippen LogP contribution in [0.15, 0.2) is 35.5 Å². The summed E-state index contributed by atoms with van der Waals surface area (Å²) in [4.78, 5) is 17.0. The molecule has 1 heterocycles. The Morgan fingerprint density at radius 2 is 2.04 bits per heavy atom. The third-order valence-corrected chi connectivity index (χ3v) is 6.16. The zero-order valence-electron chi connectivity index (χ0n) is 15.0. The number of hydrogen-bond donors (Lipinski definition) is 2. The van der Waals surface area contributed by atoms with Crippen molar-refractivity contribution in [3.63, 3.8) is 0 Å². The van der Waals surface area contributed by atoms with Crippen LogP contribution in [0.4, 0.5) is 0 Å². The smallest absolute Gasteiger partial charge is 0.233 e. The largest absolute Gasteiger partial charge is 0.352 e. The Morgan fingerprint density at radius 3 is 2.80 bits per heavy atom. The molecular formula is C19H26N4OS. The van der Waals surface area contributed by atoms with Gasteiger partial charge in [0.1, 0.15) is 0 Å². The van der Waals surface area contributed by atoms with E-state index < -0.39 is 0 Å². The standard InChI is InChI=1S/C19H26N4OS/c1-12-8-7-11-16(13(12)2)20-18(24)14(3)25-19-21-17(22-23-19)15-9-5-4-6-10-15/h4-6,9-10,12-14,16H,7-8,11H2,1-3H3,(H,20,24)(H,21,22,23)/t12-,13+,14+,16-/m0/s1. The molecule has 6 heteroatoms. The number of rotatable bonds is 5. The number of thioether (sulfide) groups is 1. The topological polar surface area (TPSA) is 70.7 Å². The number of nitrogens with one attached hydrogen (secondary N) is 2. The highest BCUT2D eigenvalue weighted by molar-refractivity contribution is 8.00. The van der Waals surface area contributed by atoms with Crippen LogP contribution in [-0.4, -0.2) is 32.4 Å². The molecule has 0 saturated heterocycles. The molecule has 0 unspecified atom stereocenters. The van der Waals surface area contributed by atoms with Crippen LogP contribution in [0, 0.1) is 11.8 Å². The molecule has 1 aromatic carbocycles. The molecule has 2 aromatic rings. The van der Waals surface area contributed by atoms with E-state index in [-0.39, 0.29) is 17.2 Å². The Morgan fingerprint density at radius 1 is 1.28 bits per heavy atom. The van der Waals surface area contributed by atoms with Gasteiger partial charge in [-0.15, -0.1) is 5.10 Å². The number of carbonyl (C=O) groups excluding carboxylic acids is 1. The van der Waals surface area contributed by atoms with Crippen LogP contribution in [0.3, 0.4) is 0 Å². The zero-order chi connectivity index (χ0) is 17.8. The van der Waals surface area contributed by atoms with Crippen molar-refractivity contribution < 1.29 is 4.79 Å². The Bertz CT molecular complexity index is 702. The summed E-state index contributed by atoms with van der Waals surface area (Å²) in [5, 5.41) is 10.8. The van der Waals surface area contributed by atoms with Gasteiger partial charge in [-0.3, -0.25) is 9.89 Å². The van der Waals surface area contributed by atoms with E-state index in [2.05, 4.69) is 34.3 Å². The summed E-state index contributed by atoms with van der Waals surface area (Å²) in [6, 6.07) is 10.1. The van der Waals surface area contributed by atoms with Gasteiger partial charge in [-0.25, -0.2) is 4.98 Å². The molecule has 0 aliphatic heterocycles. The van der Waals surface area contributed by atoms with Gasteiger partial charge in [-0.1, -0.05) is 68.8 Å². The van der Waals surface area contributed by atoms with E-state index in [1.807, 2.05) is 37.3 Å². The van der Waals surface area contributed by atoms with Gasteiger partial charge in [0.25, 0.3) is 0 Å². The fraction of sp³-hybridized carbons (Fsp3) is 0.526. The van der Waals surface area contributed by atoms with Crippen LogP contribution >= 0.6 is 11.8 Å². The van der Waals surface area contributed by atoms with Crippen molar-refractivity contribution in [2.75, 3.05) is 0 Å². The predicted molar refractivity (Wildman–Crippen MR) is 101 cm³/mol. The van der Waals surface area contributed by atoms with Crippen molar-refractivity contribution in [3.8, 4) is 11.4 Å². The molecule has 1 saturated carbocycles. The van der Waals surface area contributed by atoms with E-state index in [0.29, 0.717) is 17.0 Å². The van der Waals surface area contributed by atoms with Crippen LogP contribution in [0.5, 0.6) is 0 Å². The first kappa shape index (κ1) is 18.0. The highest BCUT2D eigenvalue weighted by Crippen LogP contribution is 2.30. The Hall–Kier alpha value is -1.82. The Labute approximate surface area is 153 Å². The summed E-state index contributed by atoms with van der Waals surface area (Å²) in [7, 11) is 0. The zero-order valence-corrected chi connectivity index (χ0v) is 15.8. The lowest BCUT2D eigenvalue weighted by molar-refractivity contribution is -0.121. The van der Waals surface area contributed by atoms with Crippen LogP contribution in [0.2, 0.25) is 0 Å². The van der Waals surface area contributed by atoms with Gasteiger partial charge < -0.3 is 5.32 Å². The van der Waals surface area contributed by atoms with E-state index >= 15 is 0 Å². The number of carbonyl (C=O) groups is 1. The number of aromatic nitrogens is 3. The first-order valence-corrected chi connectivity index (χ1v) is 9.87. The average molecular weight is 359 g/mol. The average Bonchev–Trinajstić information content (AvgIpc) is 3.08. The second kappa shape index (κ2) is 8.04. The van der Waals surface area contributed by atoms with Crippen LogP contribution in [-0.2, 0) is 4.79 Å². The van der Waals surface area contributed by atoms with Gasteiger partial charge >= 0.3 is 0 Å². The van der Waals surface area contributed by atoms with Crippen molar-refractivity contribution in [3.05, 3.63) is 30.3 Å². The van der Waals surface area contributed by atoms with Crippen molar-refractivity contribution in [2.24, 2.45) is 11.8 Å². The third kappa shape index (κ3) is 4.42. The normalized spacial score (nSPS) is 24.7. The molecule has 2 N–H and O–H groups in total. The summed E-state index contributed by atoms with van der Waals surface area (Å²) in [6.07, 6.45) is 3.53. The maximum absolute atomic E-state index is 12.5. The van der Waals surface area contributed by atoms with Gasteiger partial charge in [0.05, 0.1) is 5.25 Å². The highest BCUT2D eigenvalue weighted by atomic mass is 32.2. The number of amides is 1. The van der Waals surface area contributed by atoms with Crippen LogP contribution in [0.25, 0.3) is 11.4 Å². The van der Waals surface area contributed by atoms with E-state index in [1.54, 1.807) is 0 Å². The van der Waals surface area contributed by atoms with Crippen molar-refractivity contribution >= 4 is 17.7 Å². The summed E-state index contributed by atoms with van der Waals surface area (Å²) in [6.45, 7) is 6.43. The number of aromatic amines is 1. The monoisotopic (exact) mass is 358 g/mol. The summed E-state index contributed by atoms with van der Waals surface area (Å²) in [5.41, 5.74) is 0.990. The fourth-order valence-corrected chi connectivity index (χ4v) is 4.06. The predicted octanol–water partition coefficient (Wildman–Crippen LogP) is 3.89.